The van der Waals surface area contributed by atoms with E-state index in [-0.39, 0.29) is 51.4 Å². The van der Waals surface area contributed by atoms with Crippen molar-refractivity contribution >= 4 is 60.8 Å². The van der Waals surface area contributed by atoms with E-state index in [1.54, 1.807) is 38.1 Å². The SMILES string of the molecule is CCOc1ccc(C(=O)c2cc(Br)ccc2Cl)c(F)c1F.CCOc1ccc(C(O)c2cc(Br)ccc2Cl)c(F)c1F. The van der Waals surface area contributed by atoms with Gasteiger partial charge in [-0.25, -0.2) is 8.78 Å². The van der Waals surface area contributed by atoms with Gasteiger partial charge < -0.3 is 14.6 Å². The van der Waals surface area contributed by atoms with Crippen molar-refractivity contribution in [2.24, 2.45) is 0 Å². The second-order valence-corrected chi connectivity index (χ2v) is 11.1. The summed E-state index contributed by atoms with van der Waals surface area (Å²) in [7, 11) is 0. The smallest absolute Gasteiger partial charge is 0.201 e. The first kappa shape index (κ1) is 33.9. The van der Waals surface area contributed by atoms with Crippen LogP contribution in [-0.2, 0) is 0 Å². The van der Waals surface area contributed by atoms with Gasteiger partial charge in [0, 0.05) is 30.7 Å². The summed E-state index contributed by atoms with van der Waals surface area (Å²) < 4.78 is 67.0. The minimum atomic E-state index is -1.37. The molecule has 0 aliphatic carbocycles. The molecule has 0 saturated heterocycles. The number of carbonyl (C=O) groups is 1. The number of carbonyl (C=O) groups excluding carboxylic acids is 1. The quantitative estimate of drug-likeness (QED) is 0.144. The van der Waals surface area contributed by atoms with E-state index >= 15 is 0 Å². The van der Waals surface area contributed by atoms with E-state index < -0.39 is 40.7 Å². The molecule has 4 aromatic rings. The van der Waals surface area contributed by atoms with Gasteiger partial charge >= 0.3 is 0 Å². The lowest BCUT2D eigenvalue weighted by atomic mass is 10.0. The van der Waals surface area contributed by atoms with Crippen LogP contribution in [0.3, 0.4) is 0 Å². The fourth-order valence-electron chi connectivity index (χ4n) is 3.71. The molecule has 1 atom stereocenters. The van der Waals surface area contributed by atoms with Crippen LogP contribution in [0.5, 0.6) is 11.5 Å². The molecule has 4 nitrogen and oxygen atoms in total. The summed E-state index contributed by atoms with van der Waals surface area (Å²) in [6.07, 6.45) is -1.37. The predicted molar refractivity (Wildman–Crippen MR) is 161 cm³/mol. The lowest BCUT2D eigenvalue weighted by molar-refractivity contribution is 0.103. The van der Waals surface area contributed by atoms with Gasteiger partial charge in [-0.3, -0.25) is 4.79 Å². The third kappa shape index (κ3) is 7.85. The third-order valence-corrected chi connectivity index (χ3v) is 7.35. The van der Waals surface area contributed by atoms with Crippen LogP contribution in [0.4, 0.5) is 17.6 Å². The topological polar surface area (TPSA) is 55.8 Å². The highest BCUT2D eigenvalue weighted by Crippen LogP contribution is 2.34. The molecule has 0 radical (unpaired) electrons. The zero-order valence-electron chi connectivity index (χ0n) is 22.0. The predicted octanol–water partition coefficient (Wildman–Crippen LogP) is 9.87. The average molecular weight is 753 g/mol. The molecular weight excluding hydrogens is 731 g/mol. The van der Waals surface area contributed by atoms with Crippen LogP contribution in [0.1, 0.15) is 47.0 Å². The van der Waals surface area contributed by atoms with Crippen molar-refractivity contribution < 1.29 is 36.9 Å². The Kier molecular flexibility index (Phi) is 12.3. The molecule has 42 heavy (non-hydrogen) atoms. The molecule has 0 aliphatic rings. The van der Waals surface area contributed by atoms with Crippen molar-refractivity contribution in [1.29, 1.82) is 0 Å². The normalized spacial score (nSPS) is 11.4. The Bertz CT molecular complexity index is 1600. The van der Waals surface area contributed by atoms with Crippen molar-refractivity contribution in [3.63, 3.8) is 0 Å². The summed E-state index contributed by atoms with van der Waals surface area (Å²) in [4.78, 5) is 12.3. The van der Waals surface area contributed by atoms with Gasteiger partial charge in [-0.2, -0.15) is 8.78 Å². The molecule has 1 N–H and O–H groups in total. The van der Waals surface area contributed by atoms with Gasteiger partial charge in [-0.15, -0.1) is 0 Å². The second-order valence-electron chi connectivity index (χ2n) is 8.41. The highest BCUT2D eigenvalue weighted by molar-refractivity contribution is 9.10. The van der Waals surface area contributed by atoms with Crippen LogP contribution in [-0.4, -0.2) is 24.1 Å². The van der Waals surface area contributed by atoms with E-state index in [1.165, 1.54) is 36.4 Å². The number of ketones is 1. The molecule has 12 heteroatoms. The highest BCUT2D eigenvalue weighted by atomic mass is 79.9. The molecule has 222 valence electrons. The number of hydrogen-bond donors (Lipinski definition) is 1. The number of halogens is 8. The van der Waals surface area contributed by atoms with Crippen molar-refractivity contribution in [3.05, 3.63) is 125 Å². The fourth-order valence-corrected chi connectivity index (χ4v) is 4.87. The molecule has 4 aromatic carbocycles. The summed E-state index contributed by atoms with van der Waals surface area (Å²) in [6, 6.07) is 14.4. The molecule has 0 spiro atoms. The Morgan fingerprint density at radius 3 is 1.83 bits per heavy atom. The molecule has 0 fully saturated rings. The van der Waals surface area contributed by atoms with Crippen LogP contribution in [0, 0.1) is 23.3 Å². The lowest BCUT2D eigenvalue weighted by Gasteiger charge is -2.16. The first-order chi connectivity index (χ1) is 19.9. The molecule has 0 aromatic heterocycles. The van der Waals surface area contributed by atoms with E-state index in [1.807, 2.05) is 0 Å². The molecule has 0 bridgehead atoms. The van der Waals surface area contributed by atoms with Gasteiger partial charge in [0.15, 0.2) is 28.9 Å². The molecule has 0 aliphatic heterocycles. The second kappa shape index (κ2) is 15.2. The summed E-state index contributed by atoms with van der Waals surface area (Å²) in [5.74, 6) is -5.82. The van der Waals surface area contributed by atoms with Crippen molar-refractivity contribution in [1.82, 2.24) is 0 Å². The summed E-state index contributed by atoms with van der Waals surface area (Å²) in [5.41, 5.74) is -0.214. The molecule has 0 amide bonds. The Hall–Kier alpha value is -2.63. The maximum Gasteiger partial charge on any atom is 0.201 e. The highest BCUT2D eigenvalue weighted by Gasteiger charge is 2.24. The maximum absolute atomic E-state index is 14.1. The van der Waals surface area contributed by atoms with Crippen molar-refractivity contribution in [2.45, 2.75) is 20.0 Å². The number of rotatable bonds is 8. The van der Waals surface area contributed by atoms with Gasteiger partial charge in [0.05, 0.1) is 23.8 Å². The van der Waals surface area contributed by atoms with Crippen LogP contribution in [0.15, 0.2) is 69.6 Å². The Labute approximate surface area is 266 Å². The summed E-state index contributed by atoms with van der Waals surface area (Å²) in [6.45, 7) is 3.73. The average Bonchev–Trinajstić information content (AvgIpc) is 2.96. The summed E-state index contributed by atoms with van der Waals surface area (Å²) in [5, 5.41) is 10.7. The number of benzene rings is 4. The van der Waals surface area contributed by atoms with Crippen LogP contribution >= 0.6 is 55.1 Å². The van der Waals surface area contributed by atoms with E-state index in [0.717, 1.165) is 0 Å². The minimum Gasteiger partial charge on any atom is -0.491 e. The maximum atomic E-state index is 14.1. The van der Waals surface area contributed by atoms with Gasteiger partial charge in [-0.05, 0) is 74.5 Å². The van der Waals surface area contributed by atoms with Gasteiger partial charge in [0.25, 0.3) is 0 Å². The van der Waals surface area contributed by atoms with Crippen LogP contribution in [0.2, 0.25) is 10.0 Å². The number of aliphatic hydroxyl groups is 1. The fraction of sp³-hybridized carbons (Fsp3) is 0.167. The van der Waals surface area contributed by atoms with E-state index in [9.17, 15) is 27.5 Å². The zero-order chi connectivity index (χ0) is 31.1. The number of ether oxygens (including phenoxy) is 2. The van der Waals surface area contributed by atoms with Crippen LogP contribution < -0.4 is 9.47 Å². The molecule has 1 unspecified atom stereocenters. The Morgan fingerprint density at radius 1 is 0.714 bits per heavy atom. The van der Waals surface area contributed by atoms with Gasteiger partial charge in [0.2, 0.25) is 11.6 Å². The number of hydrogen-bond acceptors (Lipinski definition) is 4. The van der Waals surface area contributed by atoms with Crippen molar-refractivity contribution in [3.8, 4) is 11.5 Å². The third-order valence-electron chi connectivity index (χ3n) is 5.69. The van der Waals surface area contributed by atoms with E-state index in [4.69, 9.17) is 32.7 Å². The Balaban J connectivity index is 0.000000230. The first-order valence-electron chi connectivity index (χ1n) is 12.2. The Morgan fingerprint density at radius 2 is 1.24 bits per heavy atom. The number of aliphatic hydroxyl groups excluding tert-OH is 1. The van der Waals surface area contributed by atoms with Crippen LogP contribution in [0.25, 0.3) is 0 Å². The molecule has 0 saturated carbocycles. The monoisotopic (exact) mass is 750 g/mol. The molecule has 4 rings (SSSR count). The molecular formula is C30H22Br2Cl2F4O4. The van der Waals surface area contributed by atoms with Crippen molar-refractivity contribution in [2.75, 3.05) is 13.2 Å². The lowest BCUT2D eigenvalue weighted by Crippen LogP contribution is -2.08. The van der Waals surface area contributed by atoms with Gasteiger partial charge in [0.1, 0.15) is 6.10 Å². The first-order valence-corrected chi connectivity index (χ1v) is 14.6. The largest absolute Gasteiger partial charge is 0.491 e. The minimum absolute atomic E-state index is 0.0912. The van der Waals surface area contributed by atoms with E-state index in [2.05, 4.69) is 31.9 Å². The van der Waals surface area contributed by atoms with Gasteiger partial charge in [-0.1, -0.05) is 55.1 Å². The molecule has 0 heterocycles. The van der Waals surface area contributed by atoms with E-state index in [0.29, 0.717) is 8.95 Å². The summed E-state index contributed by atoms with van der Waals surface area (Å²) >= 11 is 18.4. The zero-order valence-corrected chi connectivity index (χ0v) is 26.6. The standard InChI is InChI=1S/C15H12BrClF2O2.C15H10BrClF2O2/c2*1-2-21-12-6-4-9(13(18)14(12)19)15(20)10-7-8(16)3-5-11(10)17/h3-7,15,20H,2H2,1H3;3-7H,2H2,1H3.